The number of hydrogen-bond acceptors (Lipinski definition) is 4. The van der Waals surface area contributed by atoms with Crippen molar-refractivity contribution in [1.82, 2.24) is 10.2 Å². The summed E-state index contributed by atoms with van der Waals surface area (Å²) in [4.78, 5) is 49.7. The van der Waals surface area contributed by atoms with Gasteiger partial charge in [-0.15, -0.1) is 0 Å². The number of hydrogen-bond donors (Lipinski definition) is 1. The summed E-state index contributed by atoms with van der Waals surface area (Å²) in [5, 5.41) is 2.24. The topological polar surface area (TPSA) is 83.6 Å². The van der Waals surface area contributed by atoms with Gasteiger partial charge in [-0.1, -0.05) is 11.6 Å². The zero-order chi connectivity index (χ0) is 14.9. The van der Waals surface area contributed by atoms with E-state index in [1.54, 1.807) is 18.2 Å². The molecule has 2 unspecified atom stereocenters. The van der Waals surface area contributed by atoms with E-state index in [-0.39, 0.29) is 18.2 Å². The highest BCUT2D eigenvalue weighted by Crippen LogP contribution is 2.54. The van der Waals surface area contributed by atoms with E-state index in [1.165, 1.54) is 0 Å². The first-order valence-corrected chi connectivity index (χ1v) is 6.79. The lowest BCUT2D eigenvalue weighted by atomic mass is 10.0. The molecule has 4 amide bonds. The number of fused-ring (bicyclic) bond motifs is 2. The summed E-state index contributed by atoms with van der Waals surface area (Å²) >= 11 is 0. The van der Waals surface area contributed by atoms with E-state index in [1.807, 2.05) is 6.92 Å². The number of nitrogens with zero attached hydrogens (tertiary/aromatic N) is 1. The first-order chi connectivity index (χ1) is 9.95. The van der Waals surface area contributed by atoms with Crippen LogP contribution >= 0.6 is 0 Å². The number of piperidine rings is 1. The fourth-order valence-corrected chi connectivity index (χ4v) is 3.44. The van der Waals surface area contributed by atoms with Gasteiger partial charge in [0.2, 0.25) is 5.91 Å². The van der Waals surface area contributed by atoms with Gasteiger partial charge in [-0.05, 0) is 25.5 Å². The molecule has 4 rings (SSSR count). The summed E-state index contributed by atoms with van der Waals surface area (Å²) < 4.78 is 0. The molecule has 2 aliphatic heterocycles. The Kier molecular flexibility index (Phi) is 2.09. The van der Waals surface area contributed by atoms with Crippen LogP contribution in [0, 0.1) is 12.8 Å². The number of amides is 4. The third kappa shape index (κ3) is 1.36. The SMILES string of the molecule is Cc1ccc2c(c1)C(=O)N(C13CC1CC(=O)NC3=O)C2=O. The van der Waals surface area contributed by atoms with E-state index in [2.05, 4.69) is 5.32 Å². The van der Waals surface area contributed by atoms with Gasteiger partial charge in [-0.25, -0.2) is 0 Å². The minimum absolute atomic E-state index is 0.179. The smallest absolute Gasteiger partial charge is 0.262 e. The van der Waals surface area contributed by atoms with Gasteiger partial charge in [0.05, 0.1) is 11.1 Å². The van der Waals surface area contributed by atoms with Crippen LogP contribution in [0.4, 0.5) is 0 Å². The molecule has 1 aromatic carbocycles. The maximum atomic E-state index is 12.6. The Morgan fingerprint density at radius 1 is 1.14 bits per heavy atom. The van der Waals surface area contributed by atoms with Gasteiger partial charge in [0.1, 0.15) is 5.54 Å². The van der Waals surface area contributed by atoms with Crippen molar-refractivity contribution in [2.75, 3.05) is 0 Å². The van der Waals surface area contributed by atoms with Crippen LogP contribution < -0.4 is 5.32 Å². The van der Waals surface area contributed by atoms with E-state index in [4.69, 9.17) is 0 Å². The average molecular weight is 284 g/mol. The van der Waals surface area contributed by atoms with E-state index in [0.29, 0.717) is 17.5 Å². The molecule has 0 bridgehead atoms. The minimum atomic E-state index is -1.16. The zero-order valence-electron chi connectivity index (χ0n) is 11.3. The maximum Gasteiger partial charge on any atom is 0.262 e. The zero-order valence-corrected chi connectivity index (χ0v) is 11.3. The Morgan fingerprint density at radius 2 is 1.86 bits per heavy atom. The number of carbonyl (C=O) groups excluding carboxylic acids is 4. The van der Waals surface area contributed by atoms with Gasteiger partial charge in [-0.3, -0.25) is 29.4 Å². The van der Waals surface area contributed by atoms with Crippen molar-refractivity contribution in [2.24, 2.45) is 5.92 Å². The molecule has 2 atom stereocenters. The number of carbonyl (C=O) groups is 4. The molecular weight excluding hydrogens is 272 g/mol. The van der Waals surface area contributed by atoms with Crippen LogP contribution in [0.1, 0.15) is 39.1 Å². The Hall–Kier alpha value is -2.50. The monoisotopic (exact) mass is 284 g/mol. The normalized spacial score (nSPS) is 30.1. The van der Waals surface area contributed by atoms with Crippen LogP contribution in [0.3, 0.4) is 0 Å². The fraction of sp³-hybridized carbons (Fsp3) is 0.333. The predicted octanol–water partition coefficient (Wildman–Crippen LogP) is 0.396. The molecule has 0 aromatic heterocycles. The second-order valence-corrected chi connectivity index (χ2v) is 5.90. The van der Waals surface area contributed by atoms with E-state index >= 15 is 0 Å². The van der Waals surface area contributed by atoms with Gasteiger partial charge in [-0.2, -0.15) is 0 Å². The molecule has 1 aromatic rings. The fourth-order valence-electron chi connectivity index (χ4n) is 3.44. The van der Waals surface area contributed by atoms with Crippen LogP contribution in [-0.4, -0.2) is 34.1 Å². The van der Waals surface area contributed by atoms with E-state index < -0.39 is 23.3 Å². The van der Waals surface area contributed by atoms with Crippen molar-refractivity contribution in [2.45, 2.75) is 25.3 Å². The molecule has 21 heavy (non-hydrogen) atoms. The summed E-state index contributed by atoms with van der Waals surface area (Å²) in [7, 11) is 0. The van der Waals surface area contributed by atoms with Crippen molar-refractivity contribution < 1.29 is 19.2 Å². The van der Waals surface area contributed by atoms with Crippen molar-refractivity contribution in [3.63, 3.8) is 0 Å². The van der Waals surface area contributed by atoms with Crippen molar-refractivity contribution in [3.05, 3.63) is 34.9 Å². The Labute approximate surface area is 120 Å². The Bertz CT molecular complexity index is 754. The van der Waals surface area contributed by atoms with E-state index in [9.17, 15) is 19.2 Å². The molecule has 1 aliphatic carbocycles. The Morgan fingerprint density at radius 3 is 2.57 bits per heavy atom. The molecule has 1 saturated heterocycles. The van der Waals surface area contributed by atoms with Crippen molar-refractivity contribution in [3.8, 4) is 0 Å². The number of nitrogens with one attached hydrogen (secondary N) is 1. The molecule has 3 aliphatic rings. The third-order valence-corrected chi connectivity index (χ3v) is 4.59. The summed E-state index contributed by atoms with van der Waals surface area (Å²) in [5.41, 5.74) is 0.388. The lowest BCUT2D eigenvalue weighted by Gasteiger charge is -2.28. The predicted molar refractivity (Wildman–Crippen MR) is 70.3 cm³/mol. The summed E-state index contributed by atoms with van der Waals surface area (Å²) in [6, 6.07) is 5.04. The molecule has 6 heteroatoms. The van der Waals surface area contributed by atoms with Crippen molar-refractivity contribution in [1.29, 1.82) is 0 Å². The van der Waals surface area contributed by atoms with Crippen LogP contribution in [0.15, 0.2) is 18.2 Å². The maximum absolute atomic E-state index is 12.6. The molecular formula is C15H12N2O4. The second kappa shape index (κ2) is 3.58. The van der Waals surface area contributed by atoms with Crippen LogP contribution in [0.2, 0.25) is 0 Å². The van der Waals surface area contributed by atoms with Gasteiger partial charge >= 0.3 is 0 Å². The molecule has 106 valence electrons. The molecule has 1 N–H and O–H groups in total. The van der Waals surface area contributed by atoms with Gasteiger partial charge in [0, 0.05) is 12.3 Å². The highest BCUT2D eigenvalue weighted by atomic mass is 16.2. The van der Waals surface area contributed by atoms with Crippen molar-refractivity contribution >= 4 is 23.6 Å². The van der Waals surface area contributed by atoms with Gasteiger partial charge < -0.3 is 0 Å². The lowest BCUT2D eigenvalue weighted by Crippen LogP contribution is -2.57. The summed E-state index contributed by atoms with van der Waals surface area (Å²) in [6.07, 6.45) is 0.549. The van der Waals surface area contributed by atoms with Crippen LogP contribution in [-0.2, 0) is 9.59 Å². The molecule has 6 nitrogen and oxygen atoms in total. The van der Waals surface area contributed by atoms with Crippen LogP contribution in [0.25, 0.3) is 0 Å². The molecule has 2 fully saturated rings. The molecule has 0 radical (unpaired) electrons. The number of rotatable bonds is 1. The third-order valence-electron chi connectivity index (χ3n) is 4.59. The Balaban J connectivity index is 1.79. The average Bonchev–Trinajstić information content (AvgIpc) is 3.07. The number of imide groups is 2. The second-order valence-electron chi connectivity index (χ2n) is 5.90. The lowest BCUT2D eigenvalue weighted by molar-refractivity contribution is -0.137. The molecule has 2 heterocycles. The first kappa shape index (κ1) is 12.3. The first-order valence-electron chi connectivity index (χ1n) is 6.79. The quantitative estimate of drug-likeness (QED) is 0.756. The largest absolute Gasteiger partial charge is 0.294 e. The highest BCUT2D eigenvalue weighted by Gasteiger charge is 2.70. The van der Waals surface area contributed by atoms with Gasteiger partial charge in [0.15, 0.2) is 0 Å². The number of aryl methyl sites for hydroxylation is 1. The molecule has 0 spiro atoms. The number of benzene rings is 1. The minimum Gasteiger partial charge on any atom is -0.294 e. The van der Waals surface area contributed by atoms with Crippen LogP contribution in [0.5, 0.6) is 0 Å². The summed E-state index contributed by atoms with van der Waals surface area (Å²) in [6.45, 7) is 1.84. The molecule has 1 saturated carbocycles. The summed E-state index contributed by atoms with van der Waals surface area (Å²) in [5.74, 6) is -2.00. The van der Waals surface area contributed by atoms with E-state index in [0.717, 1.165) is 10.5 Å². The standard InChI is InChI=1S/C15H12N2O4/c1-7-2-3-9-10(4-7)13(20)17(12(9)19)15-6-8(15)5-11(18)16-14(15)21/h2-4,8H,5-6H2,1H3,(H,16,18,21). The highest BCUT2D eigenvalue weighted by molar-refractivity contribution is 6.25. The van der Waals surface area contributed by atoms with Gasteiger partial charge in [0.25, 0.3) is 17.7 Å².